The second-order valence-electron chi connectivity index (χ2n) is 6.85. The Labute approximate surface area is 159 Å². The summed E-state index contributed by atoms with van der Waals surface area (Å²) < 4.78 is 5.32. The minimum atomic E-state index is 0.697. The van der Waals surface area contributed by atoms with Gasteiger partial charge in [0.05, 0.1) is 23.5 Å². The van der Waals surface area contributed by atoms with Gasteiger partial charge in [0, 0.05) is 44.4 Å². The number of aromatic nitrogens is 2. The fourth-order valence-corrected chi connectivity index (χ4v) is 3.87. The molecule has 1 aromatic carbocycles. The van der Waals surface area contributed by atoms with Crippen LogP contribution in [-0.4, -0.2) is 40.8 Å². The highest BCUT2D eigenvalue weighted by Crippen LogP contribution is 2.29. The van der Waals surface area contributed by atoms with E-state index in [4.69, 9.17) is 21.3 Å². The van der Waals surface area contributed by atoms with Gasteiger partial charge in [0.25, 0.3) is 0 Å². The number of rotatable bonds is 4. The lowest BCUT2D eigenvalue weighted by Gasteiger charge is -2.28. The molecule has 0 unspecified atom stereocenters. The zero-order valence-electron chi connectivity index (χ0n) is 15.0. The predicted molar refractivity (Wildman–Crippen MR) is 103 cm³/mol. The van der Waals surface area contributed by atoms with Crippen molar-refractivity contribution in [3.05, 3.63) is 52.1 Å². The van der Waals surface area contributed by atoms with E-state index in [1.54, 1.807) is 7.11 Å². The number of nitrogens with zero attached hydrogens (tertiary/aromatic N) is 4. The summed E-state index contributed by atoms with van der Waals surface area (Å²) in [6.45, 7) is 3.51. The normalized spacial score (nSPS) is 17.5. The zero-order valence-corrected chi connectivity index (χ0v) is 15.8. The van der Waals surface area contributed by atoms with E-state index in [9.17, 15) is 0 Å². The maximum absolute atomic E-state index is 6.45. The lowest BCUT2D eigenvalue weighted by atomic mass is 10.0. The molecule has 0 N–H and O–H groups in total. The third-order valence-electron chi connectivity index (χ3n) is 5.05. The van der Waals surface area contributed by atoms with Crippen LogP contribution in [0.4, 0.5) is 0 Å². The van der Waals surface area contributed by atoms with E-state index in [0.29, 0.717) is 5.02 Å². The predicted octanol–water partition coefficient (Wildman–Crippen LogP) is 3.67. The summed E-state index contributed by atoms with van der Waals surface area (Å²) in [5.41, 5.74) is 4.53. The first-order valence-corrected chi connectivity index (χ1v) is 9.54. The maximum Gasteiger partial charge on any atom is 0.173 e. The lowest BCUT2D eigenvalue weighted by molar-refractivity contribution is 0.242. The molecule has 136 valence electrons. The highest BCUT2D eigenvalue weighted by atomic mass is 35.5. The van der Waals surface area contributed by atoms with E-state index in [-0.39, 0.29) is 0 Å². The average Bonchev–Trinajstić information content (AvgIpc) is 2.70. The summed E-state index contributed by atoms with van der Waals surface area (Å²) in [6, 6.07) is 5.93. The van der Waals surface area contributed by atoms with E-state index in [1.165, 1.54) is 18.4 Å². The number of halogens is 1. The second-order valence-corrected chi connectivity index (χ2v) is 7.22. The third kappa shape index (κ3) is 3.60. The highest BCUT2D eigenvalue weighted by Gasteiger charge is 2.21. The number of fused-ring (bicyclic) bond motifs is 1. The van der Waals surface area contributed by atoms with E-state index < -0.39 is 0 Å². The van der Waals surface area contributed by atoms with Gasteiger partial charge in [-0.1, -0.05) is 23.7 Å². The Balaban J connectivity index is 1.49. The Bertz CT molecular complexity index is 837. The topological polar surface area (TPSA) is 50.6 Å². The molecule has 0 bridgehead atoms. The van der Waals surface area contributed by atoms with Crippen LogP contribution in [0.5, 0.6) is 5.75 Å². The van der Waals surface area contributed by atoms with Gasteiger partial charge >= 0.3 is 0 Å². The van der Waals surface area contributed by atoms with Crippen LogP contribution in [0, 0.1) is 0 Å². The standard InChI is InChI=1S/C20H23ClN4O/c1-26-18-7-4-5-14(19(18)21)12-25-10-8-16-15(13-25)11-23-20(24-16)17-6-2-3-9-22-17/h4-5,7,11H,2-3,6,8-10,12-13H2,1H3. The van der Waals surface area contributed by atoms with Gasteiger partial charge in [-0.15, -0.1) is 0 Å². The van der Waals surface area contributed by atoms with E-state index in [2.05, 4.69) is 20.9 Å². The van der Waals surface area contributed by atoms with Crippen molar-refractivity contribution in [3.63, 3.8) is 0 Å². The van der Waals surface area contributed by atoms with Crippen LogP contribution in [0.2, 0.25) is 5.02 Å². The van der Waals surface area contributed by atoms with E-state index in [1.807, 2.05) is 18.3 Å². The van der Waals surface area contributed by atoms with Gasteiger partial charge in [0.15, 0.2) is 5.82 Å². The summed E-state index contributed by atoms with van der Waals surface area (Å²) >= 11 is 6.45. The molecule has 5 nitrogen and oxygen atoms in total. The summed E-state index contributed by atoms with van der Waals surface area (Å²) in [5, 5.41) is 0.697. The largest absolute Gasteiger partial charge is 0.495 e. The van der Waals surface area contributed by atoms with Crippen molar-refractivity contribution in [2.75, 3.05) is 20.2 Å². The fraction of sp³-hybridized carbons (Fsp3) is 0.450. The monoisotopic (exact) mass is 370 g/mol. The SMILES string of the molecule is COc1cccc(CN2CCc3nc(C4=NCCCC4)ncc3C2)c1Cl. The molecule has 0 atom stereocenters. The molecule has 6 heteroatoms. The first-order valence-electron chi connectivity index (χ1n) is 9.17. The molecule has 2 aliphatic rings. The number of benzene rings is 1. The smallest absolute Gasteiger partial charge is 0.173 e. The van der Waals surface area contributed by atoms with Crippen molar-refractivity contribution in [1.82, 2.24) is 14.9 Å². The third-order valence-corrected chi connectivity index (χ3v) is 5.48. The molecular formula is C20H23ClN4O. The second kappa shape index (κ2) is 7.72. The van der Waals surface area contributed by atoms with Crippen LogP contribution in [-0.2, 0) is 19.5 Å². The van der Waals surface area contributed by atoms with Gasteiger partial charge in [0.1, 0.15) is 5.75 Å². The van der Waals surface area contributed by atoms with Gasteiger partial charge in [-0.05, 0) is 30.9 Å². The van der Waals surface area contributed by atoms with E-state index >= 15 is 0 Å². The first-order chi connectivity index (χ1) is 12.7. The molecule has 0 amide bonds. The van der Waals surface area contributed by atoms with E-state index in [0.717, 1.165) is 67.6 Å². The summed E-state index contributed by atoms with van der Waals surface area (Å²) in [5.74, 6) is 1.55. The Morgan fingerprint density at radius 3 is 2.96 bits per heavy atom. The molecule has 2 aromatic rings. The van der Waals surface area contributed by atoms with Crippen molar-refractivity contribution in [2.24, 2.45) is 4.99 Å². The summed E-state index contributed by atoms with van der Waals surface area (Å²) in [6.07, 6.45) is 6.28. The van der Waals surface area contributed by atoms with Crippen molar-refractivity contribution in [3.8, 4) is 5.75 Å². The molecule has 0 saturated carbocycles. The zero-order chi connectivity index (χ0) is 17.9. The number of methoxy groups -OCH3 is 1. The number of ether oxygens (including phenoxy) is 1. The Kier molecular flexibility index (Phi) is 5.18. The molecule has 3 heterocycles. The van der Waals surface area contributed by atoms with Crippen LogP contribution in [0.1, 0.15) is 41.9 Å². The molecule has 4 rings (SSSR count). The van der Waals surface area contributed by atoms with Crippen molar-refractivity contribution >= 4 is 17.3 Å². The number of hydrogen-bond acceptors (Lipinski definition) is 5. The fourth-order valence-electron chi connectivity index (χ4n) is 3.61. The van der Waals surface area contributed by atoms with Gasteiger partial charge in [-0.2, -0.15) is 0 Å². The van der Waals surface area contributed by atoms with Crippen LogP contribution in [0.25, 0.3) is 0 Å². The van der Waals surface area contributed by atoms with Gasteiger partial charge < -0.3 is 4.74 Å². The van der Waals surface area contributed by atoms with Crippen LogP contribution in [0.15, 0.2) is 29.4 Å². The van der Waals surface area contributed by atoms with Gasteiger partial charge in [0.2, 0.25) is 0 Å². The number of aliphatic imine (C=N–C) groups is 1. The quantitative estimate of drug-likeness (QED) is 0.824. The van der Waals surface area contributed by atoms with Gasteiger partial charge in [-0.25, -0.2) is 9.97 Å². The maximum atomic E-state index is 6.45. The molecule has 0 aliphatic carbocycles. The highest BCUT2D eigenvalue weighted by molar-refractivity contribution is 6.32. The molecule has 26 heavy (non-hydrogen) atoms. The molecule has 2 aliphatic heterocycles. The van der Waals surface area contributed by atoms with Gasteiger partial charge in [-0.3, -0.25) is 9.89 Å². The first kappa shape index (κ1) is 17.4. The van der Waals surface area contributed by atoms with Crippen LogP contribution < -0.4 is 4.74 Å². The van der Waals surface area contributed by atoms with Crippen LogP contribution >= 0.6 is 11.6 Å². The number of hydrogen-bond donors (Lipinski definition) is 0. The molecule has 0 saturated heterocycles. The Morgan fingerprint density at radius 2 is 2.15 bits per heavy atom. The lowest BCUT2D eigenvalue weighted by Crippen LogP contribution is -2.31. The Hall–Kier alpha value is -1.98. The molecular weight excluding hydrogens is 348 g/mol. The average molecular weight is 371 g/mol. The minimum Gasteiger partial charge on any atom is -0.495 e. The molecule has 0 spiro atoms. The molecule has 0 fully saturated rings. The van der Waals surface area contributed by atoms with Crippen molar-refractivity contribution < 1.29 is 4.74 Å². The Morgan fingerprint density at radius 1 is 1.23 bits per heavy atom. The van der Waals surface area contributed by atoms with Crippen LogP contribution in [0.3, 0.4) is 0 Å². The summed E-state index contributed by atoms with van der Waals surface area (Å²) in [4.78, 5) is 16.4. The minimum absolute atomic E-state index is 0.697. The van der Waals surface area contributed by atoms with Crippen molar-refractivity contribution in [2.45, 2.75) is 38.8 Å². The molecule has 1 aromatic heterocycles. The molecule has 0 radical (unpaired) electrons. The summed E-state index contributed by atoms with van der Waals surface area (Å²) in [7, 11) is 1.65. The van der Waals surface area contributed by atoms with Crippen molar-refractivity contribution in [1.29, 1.82) is 0 Å².